The van der Waals surface area contributed by atoms with E-state index in [9.17, 15) is 14.0 Å². The van der Waals surface area contributed by atoms with Gasteiger partial charge in [0.05, 0.1) is 6.54 Å². The Hall–Kier alpha value is -3.43. The van der Waals surface area contributed by atoms with Crippen molar-refractivity contribution in [1.29, 1.82) is 0 Å². The minimum atomic E-state index is -0.422. The Morgan fingerprint density at radius 1 is 1.03 bits per heavy atom. The Kier molecular flexibility index (Phi) is 8.33. The summed E-state index contributed by atoms with van der Waals surface area (Å²) in [7, 11) is 1.59. The summed E-state index contributed by atoms with van der Waals surface area (Å²) in [5.74, 6) is 0.393. The maximum atomic E-state index is 13.5. The number of rotatable bonds is 11. The van der Waals surface area contributed by atoms with E-state index in [0.29, 0.717) is 49.7 Å². The summed E-state index contributed by atoms with van der Waals surface area (Å²) in [6, 6.07) is 14.9. The molecule has 0 spiro atoms. The lowest BCUT2D eigenvalue weighted by atomic mass is 10.1. The first-order valence-electron chi connectivity index (χ1n) is 11.3. The third-order valence-electron chi connectivity index (χ3n) is 5.57. The molecule has 0 fully saturated rings. The third-order valence-corrected chi connectivity index (χ3v) is 6.43. The minimum absolute atomic E-state index is 0.101. The predicted octanol–water partition coefficient (Wildman–Crippen LogP) is 4.32. The van der Waals surface area contributed by atoms with Crippen LogP contribution in [-0.2, 0) is 22.6 Å². The number of hydrogen-bond acceptors (Lipinski definition) is 6. The number of thiophene rings is 1. The zero-order chi connectivity index (χ0) is 24.6. The molecule has 1 aromatic heterocycles. The Balaban J connectivity index is 1.52. The number of ether oxygens (including phenoxy) is 3. The number of nitrogens with zero attached hydrogens (tertiary/aromatic N) is 2. The molecular formula is C26H27FN2O5S. The Bertz CT molecular complexity index is 1140. The molecule has 7 nitrogen and oxygen atoms in total. The fourth-order valence-corrected chi connectivity index (χ4v) is 4.49. The van der Waals surface area contributed by atoms with Crippen LogP contribution in [0.5, 0.6) is 11.5 Å². The standard InChI is InChI=1S/C26H27FN2O5S/c1-32-12-3-11-28(26(31)20-6-8-21(27)9-7-20)17-25(30)29(16-22-4-2-13-35-22)15-19-5-10-23-24(14-19)34-18-33-23/h2,4-10,13-14H,3,11-12,15-18H2,1H3. The van der Waals surface area contributed by atoms with Crippen molar-refractivity contribution < 1.29 is 28.2 Å². The van der Waals surface area contributed by atoms with Gasteiger partial charge < -0.3 is 24.0 Å². The molecule has 184 valence electrons. The number of hydrogen-bond donors (Lipinski definition) is 0. The normalized spacial score (nSPS) is 11.9. The topological polar surface area (TPSA) is 68.3 Å². The van der Waals surface area contributed by atoms with Crippen molar-refractivity contribution in [3.05, 3.63) is 81.8 Å². The molecule has 35 heavy (non-hydrogen) atoms. The maximum Gasteiger partial charge on any atom is 0.254 e. The molecule has 9 heteroatoms. The van der Waals surface area contributed by atoms with Gasteiger partial charge >= 0.3 is 0 Å². The predicted molar refractivity (Wildman–Crippen MR) is 130 cm³/mol. The lowest BCUT2D eigenvalue weighted by Crippen LogP contribution is -2.43. The fourth-order valence-electron chi connectivity index (χ4n) is 3.77. The summed E-state index contributed by atoms with van der Waals surface area (Å²) in [6.07, 6.45) is 0.573. The summed E-state index contributed by atoms with van der Waals surface area (Å²) >= 11 is 1.57. The van der Waals surface area contributed by atoms with E-state index in [1.54, 1.807) is 23.3 Å². The van der Waals surface area contributed by atoms with Crippen LogP contribution in [0, 0.1) is 5.82 Å². The quantitative estimate of drug-likeness (QED) is 0.368. The monoisotopic (exact) mass is 498 g/mol. The summed E-state index contributed by atoms with van der Waals surface area (Å²) in [6.45, 7) is 1.64. The second-order valence-electron chi connectivity index (χ2n) is 8.10. The highest BCUT2D eigenvalue weighted by atomic mass is 32.1. The van der Waals surface area contributed by atoms with Crippen LogP contribution >= 0.6 is 11.3 Å². The second kappa shape index (κ2) is 11.8. The number of amides is 2. The van der Waals surface area contributed by atoms with Gasteiger partial charge in [0.15, 0.2) is 11.5 Å². The molecule has 1 aliphatic rings. The molecule has 4 rings (SSSR count). The van der Waals surface area contributed by atoms with Gasteiger partial charge in [0.1, 0.15) is 12.4 Å². The minimum Gasteiger partial charge on any atom is -0.454 e. The first kappa shape index (κ1) is 24.7. The zero-order valence-corrected chi connectivity index (χ0v) is 20.3. The molecular weight excluding hydrogens is 471 g/mol. The molecule has 0 N–H and O–H groups in total. The van der Waals surface area contributed by atoms with Crippen molar-refractivity contribution in [2.45, 2.75) is 19.5 Å². The summed E-state index contributed by atoms with van der Waals surface area (Å²) in [5.41, 5.74) is 1.23. The number of carbonyl (C=O) groups is 2. The van der Waals surface area contributed by atoms with Crippen LogP contribution < -0.4 is 9.47 Å². The molecule has 0 saturated heterocycles. The molecule has 0 unspecified atom stereocenters. The third kappa shape index (κ3) is 6.58. The van der Waals surface area contributed by atoms with E-state index in [-0.39, 0.29) is 25.2 Å². The van der Waals surface area contributed by atoms with E-state index in [2.05, 4.69) is 0 Å². The molecule has 0 saturated carbocycles. The van der Waals surface area contributed by atoms with Gasteiger partial charge in [-0.05, 0) is 59.8 Å². The van der Waals surface area contributed by atoms with Crippen molar-refractivity contribution in [2.75, 3.05) is 33.6 Å². The highest BCUT2D eigenvalue weighted by Crippen LogP contribution is 2.33. The van der Waals surface area contributed by atoms with Gasteiger partial charge in [-0.25, -0.2) is 4.39 Å². The maximum absolute atomic E-state index is 13.5. The molecule has 3 aromatic rings. The van der Waals surface area contributed by atoms with E-state index in [1.165, 1.54) is 29.2 Å². The fraction of sp³-hybridized carbons (Fsp3) is 0.308. The van der Waals surface area contributed by atoms with Crippen molar-refractivity contribution in [1.82, 2.24) is 9.80 Å². The van der Waals surface area contributed by atoms with Crippen molar-refractivity contribution >= 4 is 23.2 Å². The Morgan fingerprint density at radius 3 is 2.57 bits per heavy atom. The van der Waals surface area contributed by atoms with Crippen molar-refractivity contribution in [2.24, 2.45) is 0 Å². The van der Waals surface area contributed by atoms with E-state index in [0.717, 1.165) is 10.4 Å². The van der Waals surface area contributed by atoms with Gasteiger partial charge in [-0.3, -0.25) is 9.59 Å². The van der Waals surface area contributed by atoms with Gasteiger partial charge in [0, 0.05) is 37.2 Å². The SMILES string of the molecule is COCCCN(CC(=O)N(Cc1ccc2c(c1)OCO2)Cc1cccs1)C(=O)c1ccc(F)cc1. The number of carbonyl (C=O) groups excluding carboxylic acids is 2. The molecule has 2 heterocycles. The van der Waals surface area contributed by atoms with Crippen LogP contribution in [0.2, 0.25) is 0 Å². The van der Waals surface area contributed by atoms with Gasteiger partial charge in [-0.15, -0.1) is 11.3 Å². The van der Waals surface area contributed by atoms with Crippen LogP contribution in [0.25, 0.3) is 0 Å². The Labute approximate surface area is 207 Å². The van der Waals surface area contributed by atoms with Gasteiger partial charge in [0.2, 0.25) is 12.7 Å². The van der Waals surface area contributed by atoms with E-state index < -0.39 is 5.82 Å². The van der Waals surface area contributed by atoms with Crippen LogP contribution in [-0.4, -0.2) is 55.2 Å². The van der Waals surface area contributed by atoms with Crippen LogP contribution in [0.4, 0.5) is 4.39 Å². The van der Waals surface area contributed by atoms with E-state index in [4.69, 9.17) is 14.2 Å². The van der Waals surface area contributed by atoms with E-state index in [1.807, 2.05) is 35.7 Å². The summed E-state index contributed by atoms with van der Waals surface area (Å²) in [5, 5.41) is 1.97. The molecule has 0 aliphatic carbocycles. The lowest BCUT2D eigenvalue weighted by molar-refractivity contribution is -0.133. The van der Waals surface area contributed by atoms with Gasteiger partial charge in [-0.1, -0.05) is 12.1 Å². The lowest BCUT2D eigenvalue weighted by Gasteiger charge is -2.28. The zero-order valence-electron chi connectivity index (χ0n) is 19.4. The summed E-state index contributed by atoms with van der Waals surface area (Å²) < 4.78 is 29.4. The number of fused-ring (bicyclic) bond motifs is 1. The number of halogens is 1. The van der Waals surface area contributed by atoms with Crippen molar-refractivity contribution in [3.63, 3.8) is 0 Å². The molecule has 2 aromatic carbocycles. The molecule has 0 bridgehead atoms. The van der Waals surface area contributed by atoms with Gasteiger partial charge in [0.25, 0.3) is 5.91 Å². The highest BCUT2D eigenvalue weighted by molar-refractivity contribution is 7.09. The Morgan fingerprint density at radius 2 is 1.83 bits per heavy atom. The first-order chi connectivity index (χ1) is 17.0. The average molecular weight is 499 g/mol. The molecule has 0 atom stereocenters. The smallest absolute Gasteiger partial charge is 0.254 e. The van der Waals surface area contributed by atoms with Crippen LogP contribution in [0.1, 0.15) is 27.2 Å². The second-order valence-corrected chi connectivity index (χ2v) is 9.13. The van der Waals surface area contributed by atoms with Gasteiger partial charge in [-0.2, -0.15) is 0 Å². The molecule has 1 aliphatic heterocycles. The highest BCUT2D eigenvalue weighted by Gasteiger charge is 2.24. The molecule has 0 radical (unpaired) electrons. The molecule has 2 amide bonds. The summed E-state index contributed by atoms with van der Waals surface area (Å²) in [4.78, 5) is 31.0. The first-order valence-corrected chi connectivity index (χ1v) is 12.1. The average Bonchev–Trinajstić information content (AvgIpc) is 3.55. The largest absolute Gasteiger partial charge is 0.454 e. The van der Waals surface area contributed by atoms with Crippen molar-refractivity contribution in [3.8, 4) is 11.5 Å². The van der Waals surface area contributed by atoms with Crippen LogP contribution in [0.15, 0.2) is 60.0 Å². The number of benzene rings is 2. The van der Waals surface area contributed by atoms with E-state index >= 15 is 0 Å². The number of methoxy groups -OCH3 is 1. The van der Waals surface area contributed by atoms with Crippen LogP contribution in [0.3, 0.4) is 0 Å².